The Morgan fingerprint density at radius 1 is 0.971 bits per heavy atom. The van der Waals surface area contributed by atoms with Gasteiger partial charge in [0.15, 0.2) is 0 Å². The van der Waals surface area contributed by atoms with Crippen molar-refractivity contribution >= 4 is 51.1 Å². The van der Waals surface area contributed by atoms with Crippen LogP contribution < -0.4 is 5.32 Å². The predicted octanol–water partition coefficient (Wildman–Crippen LogP) is 6.50. The molecule has 184 valence electrons. The second-order valence-electron chi connectivity index (χ2n) is 8.27. The Morgan fingerprint density at radius 3 is 2.37 bits per heavy atom. The van der Waals surface area contributed by atoms with Crippen LogP contribution in [-0.2, 0) is 28.3 Å². The highest BCUT2D eigenvalue weighted by molar-refractivity contribution is 9.10. The van der Waals surface area contributed by atoms with E-state index in [2.05, 4.69) is 21.2 Å². The van der Waals surface area contributed by atoms with Crippen molar-refractivity contribution in [3.05, 3.63) is 105 Å². The second-order valence-corrected chi connectivity index (χ2v) is 10.6. The first-order valence-corrected chi connectivity index (χ1v) is 14.0. The Labute approximate surface area is 225 Å². The summed E-state index contributed by atoms with van der Waals surface area (Å²) >= 11 is 11.0. The van der Waals surface area contributed by atoms with E-state index in [0.717, 1.165) is 27.6 Å². The van der Waals surface area contributed by atoms with Crippen LogP contribution in [-0.4, -0.2) is 35.1 Å². The third-order valence-electron chi connectivity index (χ3n) is 5.47. The summed E-state index contributed by atoms with van der Waals surface area (Å²) in [5.74, 6) is 0.792. The maximum absolute atomic E-state index is 13.6. The molecule has 0 aromatic heterocycles. The van der Waals surface area contributed by atoms with Gasteiger partial charge in [-0.25, -0.2) is 0 Å². The Hall–Kier alpha value is -2.28. The lowest BCUT2D eigenvalue weighted by atomic mass is 10.0. The Morgan fingerprint density at radius 2 is 1.69 bits per heavy atom. The monoisotopic (exact) mass is 572 g/mol. The number of thioether (sulfide) groups is 1. The van der Waals surface area contributed by atoms with E-state index in [1.54, 1.807) is 16.7 Å². The van der Waals surface area contributed by atoms with E-state index in [1.165, 1.54) is 0 Å². The SMILES string of the molecule is CCCNC(=O)C(Cc1ccccc1)N(Cc1cccc(Br)c1)C(=O)CSCc1ccc(Cl)cc1. The molecule has 0 heterocycles. The number of carbonyl (C=O) groups excluding carboxylic acids is 2. The molecule has 0 spiro atoms. The van der Waals surface area contributed by atoms with Crippen molar-refractivity contribution in [1.29, 1.82) is 0 Å². The van der Waals surface area contributed by atoms with Gasteiger partial charge in [0.25, 0.3) is 0 Å². The molecule has 0 bridgehead atoms. The maximum atomic E-state index is 13.6. The molecule has 35 heavy (non-hydrogen) atoms. The summed E-state index contributed by atoms with van der Waals surface area (Å²) in [6, 6.07) is 24.8. The van der Waals surface area contributed by atoms with E-state index in [9.17, 15) is 9.59 Å². The Bertz CT molecular complexity index is 1100. The lowest BCUT2D eigenvalue weighted by molar-refractivity contribution is -0.139. The highest BCUT2D eigenvalue weighted by Crippen LogP contribution is 2.21. The number of carbonyl (C=O) groups is 2. The molecule has 2 amide bonds. The summed E-state index contributed by atoms with van der Waals surface area (Å²) in [7, 11) is 0. The number of nitrogens with zero attached hydrogens (tertiary/aromatic N) is 1. The topological polar surface area (TPSA) is 49.4 Å². The van der Waals surface area contributed by atoms with Crippen molar-refractivity contribution in [1.82, 2.24) is 10.2 Å². The van der Waals surface area contributed by atoms with Gasteiger partial charge in [0.05, 0.1) is 5.75 Å². The van der Waals surface area contributed by atoms with Gasteiger partial charge >= 0.3 is 0 Å². The molecule has 1 atom stereocenters. The van der Waals surface area contributed by atoms with Crippen LogP contribution in [0.5, 0.6) is 0 Å². The predicted molar refractivity (Wildman–Crippen MR) is 150 cm³/mol. The molecule has 4 nitrogen and oxygen atoms in total. The van der Waals surface area contributed by atoms with Crippen LogP contribution in [0, 0.1) is 0 Å². The average Bonchev–Trinajstić information content (AvgIpc) is 2.86. The smallest absolute Gasteiger partial charge is 0.243 e. The fourth-order valence-corrected chi connectivity index (χ4v) is 5.12. The summed E-state index contributed by atoms with van der Waals surface area (Å²) in [5.41, 5.74) is 3.09. The minimum atomic E-state index is -0.605. The number of hydrogen-bond donors (Lipinski definition) is 1. The van der Waals surface area contributed by atoms with Gasteiger partial charge in [-0.15, -0.1) is 11.8 Å². The van der Waals surface area contributed by atoms with E-state index in [1.807, 2.05) is 85.8 Å². The first kappa shape index (κ1) is 27.3. The molecule has 0 saturated heterocycles. The van der Waals surface area contributed by atoms with Gasteiger partial charge in [0, 0.05) is 34.8 Å². The first-order chi connectivity index (χ1) is 17.0. The highest BCUT2D eigenvalue weighted by Gasteiger charge is 2.30. The van der Waals surface area contributed by atoms with Gasteiger partial charge in [-0.1, -0.05) is 89.1 Å². The zero-order valence-corrected chi connectivity index (χ0v) is 22.9. The summed E-state index contributed by atoms with van der Waals surface area (Å²) in [5, 5.41) is 3.70. The molecule has 0 fully saturated rings. The molecule has 0 aliphatic rings. The lowest BCUT2D eigenvalue weighted by Crippen LogP contribution is -2.51. The van der Waals surface area contributed by atoms with Crippen LogP contribution in [0.3, 0.4) is 0 Å². The molecule has 0 radical (unpaired) electrons. The van der Waals surface area contributed by atoms with Gasteiger partial charge in [0.1, 0.15) is 6.04 Å². The van der Waals surface area contributed by atoms with Crippen LogP contribution in [0.4, 0.5) is 0 Å². The number of halogens is 2. The number of benzene rings is 3. The number of amides is 2. The largest absolute Gasteiger partial charge is 0.354 e. The molecule has 0 saturated carbocycles. The molecule has 1 N–H and O–H groups in total. The number of nitrogens with one attached hydrogen (secondary N) is 1. The molecule has 3 aromatic rings. The maximum Gasteiger partial charge on any atom is 0.243 e. The standard InChI is InChI=1S/C28H30BrClN2O2S/c1-2-15-31-28(34)26(17-21-7-4-3-5-8-21)32(18-23-9-6-10-24(29)16-23)27(33)20-35-19-22-11-13-25(30)14-12-22/h3-14,16,26H,2,15,17-20H2,1H3,(H,31,34). The summed E-state index contributed by atoms with van der Waals surface area (Å²) in [6.45, 7) is 2.95. The summed E-state index contributed by atoms with van der Waals surface area (Å²) in [6.07, 6.45) is 1.29. The molecule has 3 aromatic carbocycles. The van der Waals surface area contributed by atoms with Gasteiger partial charge in [0.2, 0.25) is 11.8 Å². The van der Waals surface area contributed by atoms with Crippen LogP contribution in [0.15, 0.2) is 83.3 Å². The molecule has 0 aliphatic heterocycles. The molecular formula is C28H30BrClN2O2S. The van der Waals surface area contributed by atoms with Crippen molar-refractivity contribution in [3.63, 3.8) is 0 Å². The zero-order valence-electron chi connectivity index (χ0n) is 19.8. The third-order valence-corrected chi connectivity index (χ3v) is 7.20. The highest BCUT2D eigenvalue weighted by atomic mass is 79.9. The quantitative estimate of drug-likeness (QED) is 0.269. The molecule has 3 rings (SSSR count). The van der Waals surface area contributed by atoms with Gasteiger partial charge in [-0.2, -0.15) is 0 Å². The van der Waals surface area contributed by atoms with Crippen molar-refractivity contribution in [2.45, 2.75) is 38.1 Å². The van der Waals surface area contributed by atoms with Crippen molar-refractivity contribution in [3.8, 4) is 0 Å². The van der Waals surface area contributed by atoms with Crippen LogP contribution >= 0.6 is 39.3 Å². The van der Waals surface area contributed by atoms with E-state index in [4.69, 9.17) is 11.6 Å². The fourth-order valence-electron chi connectivity index (χ4n) is 3.67. The van der Waals surface area contributed by atoms with E-state index in [-0.39, 0.29) is 17.6 Å². The van der Waals surface area contributed by atoms with Crippen LogP contribution in [0.25, 0.3) is 0 Å². The van der Waals surface area contributed by atoms with Gasteiger partial charge in [-0.3, -0.25) is 9.59 Å². The van der Waals surface area contributed by atoms with E-state index < -0.39 is 6.04 Å². The van der Waals surface area contributed by atoms with E-state index >= 15 is 0 Å². The molecule has 0 aliphatic carbocycles. The molecule has 7 heteroatoms. The molecular weight excluding hydrogens is 544 g/mol. The van der Waals surface area contributed by atoms with Gasteiger partial charge < -0.3 is 10.2 Å². The Balaban J connectivity index is 1.82. The van der Waals surface area contributed by atoms with E-state index in [0.29, 0.717) is 30.3 Å². The lowest BCUT2D eigenvalue weighted by Gasteiger charge is -2.31. The van der Waals surface area contributed by atoms with Crippen molar-refractivity contribution in [2.24, 2.45) is 0 Å². The number of hydrogen-bond acceptors (Lipinski definition) is 3. The summed E-state index contributed by atoms with van der Waals surface area (Å²) < 4.78 is 0.939. The first-order valence-electron chi connectivity index (χ1n) is 11.6. The van der Waals surface area contributed by atoms with Gasteiger partial charge in [-0.05, 0) is 47.4 Å². The Kier molecular flexibility index (Phi) is 11.2. The number of rotatable bonds is 12. The molecule has 1 unspecified atom stereocenters. The zero-order chi connectivity index (χ0) is 25.0. The minimum Gasteiger partial charge on any atom is -0.354 e. The summed E-state index contributed by atoms with van der Waals surface area (Å²) in [4.78, 5) is 28.6. The minimum absolute atomic E-state index is 0.0588. The van der Waals surface area contributed by atoms with Crippen LogP contribution in [0.2, 0.25) is 5.02 Å². The van der Waals surface area contributed by atoms with Crippen molar-refractivity contribution in [2.75, 3.05) is 12.3 Å². The average molecular weight is 574 g/mol. The second kappa shape index (κ2) is 14.3. The van der Waals surface area contributed by atoms with Crippen molar-refractivity contribution < 1.29 is 9.59 Å². The third kappa shape index (κ3) is 9.02. The van der Waals surface area contributed by atoms with Crippen LogP contribution in [0.1, 0.15) is 30.0 Å². The fraction of sp³-hybridized carbons (Fsp3) is 0.286. The normalized spacial score (nSPS) is 11.6.